The van der Waals surface area contributed by atoms with Crippen LogP contribution in [0.1, 0.15) is 12.5 Å². The zero-order valence-electron chi connectivity index (χ0n) is 15.5. The van der Waals surface area contributed by atoms with E-state index < -0.39 is 22.0 Å². The maximum Gasteiger partial charge on any atom is 0.243 e. The Hall–Kier alpha value is -2.25. The fourth-order valence-electron chi connectivity index (χ4n) is 2.61. The van der Waals surface area contributed by atoms with Crippen LogP contribution in [0.25, 0.3) is 0 Å². The lowest BCUT2D eigenvalue weighted by Crippen LogP contribution is -2.48. The van der Waals surface area contributed by atoms with Gasteiger partial charge in [-0.2, -0.15) is 0 Å². The summed E-state index contributed by atoms with van der Waals surface area (Å²) in [6.07, 6.45) is 1.07. The maximum absolute atomic E-state index is 12.5. The molecule has 0 aromatic heterocycles. The van der Waals surface area contributed by atoms with Crippen molar-refractivity contribution >= 4 is 33.2 Å². The molecule has 0 saturated carbocycles. The van der Waals surface area contributed by atoms with Gasteiger partial charge in [0.25, 0.3) is 0 Å². The number of para-hydroxylation sites is 1. The average molecular weight is 411 g/mol. The van der Waals surface area contributed by atoms with Crippen molar-refractivity contribution in [3.8, 4) is 5.75 Å². The number of hydrogen-bond donors (Lipinski definition) is 1. The van der Waals surface area contributed by atoms with Crippen LogP contribution in [0.3, 0.4) is 0 Å². The second kappa shape index (κ2) is 9.10. The number of halogens is 1. The molecular formula is C19H23ClN2O4S. The number of ether oxygens (including phenoxy) is 1. The Labute approximate surface area is 165 Å². The molecule has 146 valence electrons. The van der Waals surface area contributed by atoms with Gasteiger partial charge in [0, 0.05) is 5.02 Å². The van der Waals surface area contributed by atoms with Crippen LogP contribution in [-0.2, 0) is 14.8 Å². The van der Waals surface area contributed by atoms with Crippen molar-refractivity contribution in [2.24, 2.45) is 0 Å². The van der Waals surface area contributed by atoms with Crippen LogP contribution in [0, 0.1) is 6.92 Å². The molecule has 0 aliphatic carbocycles. The molecule has 0 radical (unpaired) electrons. The van der Waals surface area contributed by atoms with Gasteiger partial charge in [0.15, 0.2) is 0 Å². The Kier molecular flexibility index (Phi) is 7.10. The van der Waals surface area contributed by atoms with E-state index in [0.717, 1.165) is 10.6 Å². The van der Waals surface area contributed by atoms with Gasteiger partial charge < -0.3 is 10.1 Å². The number of carbonyl (C=O) groups is 1. The van der Waals surface area contributed by atoms with E-state index in [4.69, 9.17) is 16.3 Å². The predicted octanol–water partition coefficient (Wildman–Crippen LogP) is 3.00. The number of aryl methyl sites for hydroxylation is 1. The van der Waals surface area contributed by atoms with Crippen LogP contribution < -0.4 is 14.4 Å². The van der Waals surface area contributed by atoms with E-state index in [1.807, 2.05) is 30.3 Å². The van der Waals surface area contributed by atoms with E-state index in [9.17, 15) is 13.2 Å². The highest BCUT2D eigenvalue weighted by Gasteiger charge is 2.30. The second-order valence-corrected chi connectivity index (χ2v) is 8.41. The Morgan fingerprint density at radius 2 is 1.89 bits per heavy atom. The summed E-state index contributed by atoms with van der Waals surface area (Å²) in [5.74, 6) is 0.281. The minimum Gasteiger partial charge on any atom is -0.492 e. The van der Waals surface area contributed by atoms with Gasteiger partial charge in [0.1, 0.15) is 18.4 Å². The molecule has 0 fully saturated rings. The van der Waals surface area contributed by atoms with Gasteiger partial charge in [0.2, 0.25) is 15.9 Å². The third kappa shape index (κ3) is 5.87. The third-order valence-corrected chi connectivity index (χ3v) is 5.37. The summed E-state index contributed by atoms with van der Waals surface area (Å²) in [7, 11) is -3.69. The van der Waals surface area contributed by atoms with E-state index in [1.54, 1.807) is 25.1 Å². The smallest absolute Gasteiger partial charge is 0.243 e. The minimum atomic E-state index is -3.69. The number of hydrogen-bond acceptors (Lipinski definition) is 4. The predicted molar refractivity (Wildman–Crippen MR) is 108 cm³/mol. The number of anilines is 1. The van der Waals surface area contributed by atoms with Gasteiger partial charge in [0.05, 0.1) is 18.5 Å². The molecule has 0 aliphatic rings. The number of rotatable bonds is 8. The molecule has 1 N–H and O–H groups in total. The zero-order chi connectivity index (χ0) is 20.0. The molecule has 0 heterocycles. The zero-order valence-corrected chi connectivity index (χ0v) is 17.0. The van der Waals surface area contributed by atoms with Crippen LogP contribution in [0.4, 0.5) is 5.69 Å². The lowest BCUT2D eigenvalue weighted by Gasteiger charge is -2.29. The van der Waals surface area contributed by atoms with Crippen molar-refractivity contribution in [3.05, 3.63) is 59.1 Å². The molecule has 0 spiro atoms. The van der Waals surface area contributed by atoms with Gasteiger partial charge in [-0.3, -0.25) is 9.10 Å². The standard InChI is InChI=1S/C19H23ClN2O4S/c1-14-9-10-16(20)13-18(14)22(27(3,24)25)15(2)19(23)21-11-12-26-17-7-5-4-6-8-17/h4-10,13,15H,11-12H2,1-3H3,(H,21,23). The van der Waals surface area contributed by atoms with E-state index in [-0.39, 0.29) is 13.2 Å². The summed E-state index contributed by atoms with van der Waals surface area (Å²) in [6.45, 7) is 3.83. The summed E-state index contributed by atoms with van der Waals surface area (Å²) in [5.41, 5.74) is 1.09. The van der Waals surface area contributed by atoms with Crippen LogP contribution in [0.15, 0.2) is 48.5 Å². The van der Waals surface area contributed by atoms with Gasteiger partial charge in [-0.25, -0.2) is 8.42 Å². The molecule has 0 saturated heterocycles. The van der Waals surface area contributed by atoms with Gasteiger partial charge in [-0.15, -0.1) is 0 Å². The number of nitrogens with zero attached hydrogens (tertiary/aromatic N) is 1. The highest BCUT2D eigenvalue weighted by molar-refractivity contribution is 7.92. The van der Waals surface area contributed by atoms with Gasteiger partial charge in [-0.1, -0.05) is 35.9 Å². The number of amides is 1. The second-order valence-electron chi connectivity index (χ2n) is 6.12. The number of benzene rings is 2. The fraction of sp³-hybridized carbons (Fsp3) is 0.316. The summed E-state index contributed by atoms with van der Waals surface area (Å²) >= 11 is 6.02. The maximum atomic E-state index is 12.5. The number of carbonyl (C=O) groups excluding carboxylic acids is 1. The summed E-state index contributed by atoms with van der Waals surface area (Å²) in [6, 6.07) is 13.2. The van der Waals surface area contributed by atoms with Crippen molar-refractivity contribution in [3.63, 3.8) is 0 Å². The molecule has 2 aromatic rings. The largest absolute Gasteiger partial charge is 0.492 e. The van der Waals surface area contributed by atoms with E-state index in [2.05, 4.69) is 5.32 Å². The number of sulfonamides is 1. The molecule has 1 atom stereocenters. The highest BCUT2D eigenvalue weighted by Crippen LogP contribution is 2.28. The molecule has 1 amide bonds. The van der Waals surface area contributed by atoms with Crippen LogP contribution in [0.2, 0.25) is 5.02 Å². The number of nitrogens with one attached hydrogen (secondary N) is 1. The van der Waals surface area contributed by atoms with E-state index in [0.29, 0.717) is 22.0 Å². The molecule has 6 nitrogen and oxygen atoms in total. The van der Waals surface area contributed by atoms with Gasteiger partial charge >= 0.3 is 0 Å². The molecule has 1 unspecified atom stereocenters. The first-order valence-electron chi connectivity index (χ1n) is 8.41. The summed E-state index contributed by atoms with van der Waals surface area (Å²) in [4.78, 5) is 12.5. The Balaban J connectivity index is 2.05. The minimum absolute atomic E-state index is 0.254. The van der Waals surface area contributed by atoms with Crippen molar-refractivity contribution in [1.29, 1.82) is 0 Å². The van der Waals surface area contributed by atoms with Crippen LogP contribution in [0.5, 0.6) is 5.75 Å². The molecule has 2 rings (SSSR count). The van der Waals surface area contributed by atoms with Crippen molar-refractivity contribution in [2.75, 3.05) is 23.7 Å². The SMILES string of the molecule is Cc1ccc(Cl)cc1N(C(C)C(=O)NCCOc1ccccc1)S(C)(=O)=O. The van der Waals surface area contributed by atoms with E-state index in [1.165, 1.54) is 6.92 Å². The fourth-order valence-corrected chi connectivity index (χ4v) is 4.00. The molecular weight excluding hydrogens is 388 g/mol. The molecule has 27 heavy (non-hydrogen) atoms. The Morgan fingerprint density at radius 3 is 2.52 bits per heavy atom. The molecule has 2 aromatic carbocycles. The monoisotopic (exact) mass is 410 g/mol. The third-order valence-electron chi connectivity index (χ3n) is 3.91. The first kappa shape index (κ1) is 21.1. The van der Waals surface area contributed by atoms with Crippen molar-refractivity contribution in [1.82, 2.24) is 5.32 Å². The molecule has 0 bridgehead atoms. The molecule has 8 heteroatoms. The molecule has 0 aliphatic heterocycles. The normalized spacial score (nSPS) is 12.3. The highest BCUT2D eigenvalue weighted by atomic mass is 35.5. The van der Waals surface area contributed by atoms with Gasteiger partial charge in [-0.05, 0) is 43.7 Å². The quantitative estimate of drug-likeness (QED) is 0.679. The lowest BCUT2D eigenvalue weighted by molar-refractivity contribution is -0.121. The first-order valence-corrected chi connectivity index (χ1v) is 10.6. The van der Waals surface area contributed by atoms with Crippen molar-refractivity contribution in [2.45, 2.75) is 19.9 Å². The van der Waals surface area contributed by atoms with Crippen molar-refractivity contribution < 1.29 is 17.9 Å². The first-order chi connectivity index (χ1) is 12.7. The topological polar surface area (TPSA) is 75.7 Å². The average Bonchev–Trinajstić information content (AvgIpc) is 2.61. The Bertz CT molecular complexity index is 888. The van der Waals surface area contributed by atoms with Crippen LogP contribution >= 0.6 is 11.6 Å². The summed E-state index contributed by atoms with van der Waals surface area (Å²) in [5, 5.41) is 3.10. The van der Waals surface area contributed by atoms with Crippen LogP contribution in [-0.4, -0.2) is 39.8 Å². The lowest BCUT2D eigenvalue weighted by atomic mass is 10.2. The summed E-state index contributed by atoms with van der Waals surface area (Å²) < 4.78 is 31.3. The Morgan fingerprint density at radius 1 is 1.22 bits per heavy atom. The van der Waals surface area contributed by atoms with E-state index >= 15 is 0 Å².